The molecule has 1 fully saturated rings. The molecule has 0 amide bonds. The van der Waals surface area contributed by atoms with E-state index >= 15 is 0 Å². The summed E-state index contributed by atoms with van der Waals surface area (Å²) in [6.45, 7) is 14.6. The highest BCUT2D eigenvalue weighted by Gasteiger charge is 2.27. The second-order valence-corrected chi connectivity index (χ2v) is 16.9. The average Bonchev–Trinajstić information content (AvgIpc) is 3.27. The van der Waals surface area contributed by atoms with Crippen molar-refractivity contribution < 1.29 is 24.5 Å². The zero-order valence-electron chi connectivity index (χ0n) is 36.2. The molecule has 312 valence electrons. The Hall–Kier alpha value is -4.19. The monoisotopic (exact) mass is 787 g/mol. The first-order valence-electron chi connectivity index (χ1n) is 22.3. The van der Waals surface area contributed by atoms with Crippen LogP contribution in [-0.2, 0) is 28.8 Å². The summed E-state index contributed by atoms with van der Waals surface area (Å²) in [4.78, 5) is 12.0. The molecule has 0 unspecified atom stereocenters. The summed E-state index contributed by atoms with van der Waals surface area (Å²) in [7, 11) is 0. The summed E-state index contributed by atoms with van der Waals surface area (Å²) >= 11 is 0. The van der Waals surface area contributed by atoms with Crippen LogP contribution < -0.4 is 4.74 Å². The third-order valence-electron chi connectivity index (χ3n) is 12.9. The van der Waals surface area contributed by atoms with Crippen molar-refractivity contribution >= 4 is 5.97 Å². The van der Waals surface area contributed by atoms with E-state index in [2.05, 4.69) is 100 Å². The maximum absolute atomic E-state index is 12.0. The molecule has 0 radical (unpaired) electrons. The maximum Gasteiger partial charge on any atom is 0.333 e. The van der Waals surface area contributed by atoms with E-state index in [1.54, 1.807) is 6.92 Å². The largest absolute Gasteiger partial charge is 0.493 e. The van der Waals surface area contributed by atoms with Gasteiger partial charge in [0.15, 0.2) is 0 Å². The van der Waals surface area contributed by atoms with E-state index in [0.717, 1.165) is 35.6 Å². The van der Waals surface area contributed by atoms with Gasteiger partial charge in [-0.3, -0.25) is 0 Å². The van der Waals surface area contributed by atoms with Crippen LogP contribution in [-0.4, -0.2) is 42.6 Å². The number of benzene rings is 4. The van der Waals surface area contributed by atoms with E-state index in [1.807, 2.05) is 13.0 Å². The normalized spacial score (nSPS) is 15.6. The van der Waals surface area contributed by atoms with E-state index in [9.17, 15) is 15.0 Å². The smallest absolute Gasteiger partial charge is 0.333 e. The van der Waals surface area contributed by atoms with Crippen molar-refractivity contribution in [3.63, 3.8) is 0 Å². The molecule has 0 aliphatic heterocycles. The van der Waals surface area contributed by atoms with E-state index in [1.165, 1.54) is 95.9 Å². The van der Waals surface area contributed by atoms with Gasteiger partial charge in [0.2, 0.25) is 0 Å². The highest BCUT2D eigenvalue weighted by atomic mass is 16.5. The summed E-state index contributed by atoms with van der Waals surface area (Å²) in [5, 5.41) is 19.9. The van der Waals surface area contributed by atoms with Crippen LogP contribution in [0.2, 0.25) is 0 Å². The van der Waals surface area contributed by atoms with Gasteiger partial charge in [-0.25, -0.2) is 4.79 Å². The molecule has 1 aliphatic carbocycles. The predicted molar refractivity (Wildman–Crippen MR) is 241 cm³/mol. The molecule has 1 aliphatic rings. The lowest BCUT2D eigenvalue weighted by atomic mass is 9.77. The lowest BCUT2D eigenvalue weighted by Gasteiger charge is -2.29. The summed E-state index contributed by atoms with van der Waals surface area (Å²) in [5.74, 6) is 2.03. The van der Waals surface area contributed by atoms with Gasteiger partial charge in [0.05, 0.1) is 26.4 Å². The number of aliphatic hydroxyl groups excluding tert-OH is 2. The molecule has 0 atom stereocenters. The molecule has 2 N–H and O–H groups in total. The first-order valence-corrected chi connectivity index (χ1v) is 22.3. The van der Waals surface area contributed by atoms with Gasteiger partial charge in [0.25, 0.3) is 0 Å². The van der Waals surface area contributed by atoms with Gasteiger partial charge in [-0.05, 0) is 151 Å². The quantitative estimate of drug-likeness (QED) is 0.0471. The van der Waals surface area contributed by atoms with Gasteiger partial charge in [0.1, 0.15) is 5.75 Å². The Labute approximate surface area is 349 Å². The number of esters is 1. The number of ether oxygens (including phenoxy) is 2. The molecule has 0 heterocycles. The fourth-order valence-electron chi connectivity index (χ4n) is 8.72. The Kier molecular flexibility index (Phi) is 17.2. The van der Waals surface area contributed by atoms with Gasteiger partial charge in [-0.15, -0.1) is 0 Å². The molecule has 5 rings (SSSR count). The predicted octanol–water partition coefficient (Wildman–Crippen LogP) is 12.9. The van der Waals surface area contributed by atoms with Crippen LogP contribution in [0.3, 0.4) is 0 Å². The first-order chi connectivity index (χ1) is 28.2. The van der Waals surface area contributed by atoms with E-state index in [0.29, 0.717) is 50.4 Å². The van der Waals surface area contributed by atoms with Crippen LogP contribution in [0, 0.1) is 11.3 Å². The molecule has 0 spiro atoms. The molecule has 5 nitrogen and oxygen atoms in total. The Morgan fingerprint density at radius 3 is 1.86 bits per heavy atom. The van der Waals surface area contributed by atoms with Crippen LogP contribution >= 0.6 is 0 Å². The Bertz CT molecular complexity index is 1900. The molecule has 5 heteroatoms. The number of hydrogen-bond acceptors (Lipinski definition) is 5. The van der Waals surface area contributed by atoms with Crippen molar-refractivity contribution in [3.8, 4) is 39.1 Å². The van der Waals surface area contributed by atoms with E-state index < -0.39 is 5.41 Å². The fraction of sp³-hybridized carbons (Fsp3) is 0.491. The molecule has 4 aromatic carbocycles. The Morgan fingerprint density at radius 2 is 1.29 bits per heavy atom. The minimum atomic E-state index is -0.565. The minimum absolute atomic E-state index is 0.0865. The number of aliphatic hydroxyl groups is 2. The SMILES string of the molecule is C=C(C)C(=O)OCCCc1cc(-c2ccc(-c3ccc(-c4ccc(C5CCC(CCCCC)CC5)cc4)c(CC)c3)cc2CC)ccc1OCCC(CC)(CO)CO. The molecule has 0 saturated heterocycles. The molecule has 58 heavy (non-hydrogen) atoms. The number of rotatable bonds is 22. The van der Waals surface area contributed by atoms with Gasteiger partial charge in [0, 0.05) is 11.0 Å². The Balaban J connectivity index is 1.32. The van der Waals surface area contributed by atoms with Crippen molar-refractivity contribution in [1.29, 1.82) is 0 Å². The second-order valence-electron chi connectivity index (χ2n) is 16.9. The molecular formula is C53H70O5. The van der Waals surface area contributed by atoms with Crippen LogP contribution in [0.1, 0.15) is 133 Å². The van der Waals surface area contributed by atoms with E-state index in [4.69, 9.17) is 9.47 Å². The van der Waals surface area contributed by atoms with Crippen LogP contribution in [0.25, 0.3) is 33.4 Å². The first kappa shape index (κ1) is 44.9. The third-order valence-corrected chi connectivity index (χ3v) is 12.9. The summed E-state index contributed by atoms with van der Waals surface area (Å²) in [6.07, 6.45) is 15.3. The highest BCUT2D eigenvalue weighted by Crippen LogP contribution is 2.40. The number of unbranched alkanes of at least 4 members (excludes halogenated alkanes) is 2. The number of carbonyl (C=O) groups is 1. The third kappa shape index (κ3) is 11.7. The summed E-state index contributed by atoms with van der Waals surface area (Å²) < 4.78 is 11.7. The fourth-order valence-corrected chi connectivity index (χ4v) is 8.72. The van der Waals surface area contributed by atoms with Crippen molar-refractivity contribution in [2.45, 2.75) is 130 Å². The number of carbonyl (C=O) groups excluding carboxylic acids is 1. The van der Waals surface area contributed by atoms with Crippen LogP contribution in [0.4, 0.5) is 0 Å². The average molecular weight is 787 g/mol. The van der Waals surface area contributed by atoms with Gasteiger partial charge >= 0.3 is 5.97 Å². The zero-order valence-corrected chi connectivity index (χ0v) is 36.2. The van der Waals surface area contributed by atoms with Crippen LogP contribution in [0.15, 0.2) is 91.0 Å². The molecule has 0 bridgehead atoms. The van der Waals surface area contributed by atoms with Gasteiger partial charge < -0.3 is 19.7 Å². The zero-order chi connectivity index (χ0) is 41.5. The maximum atomic E-state index is 12.0. The molecule has 4 aromatic rings. The molecule has 0 aromatic heterocycles. The molecule has 1 saturated carbocycles. The lowest BCUT2D eigenvalue weighted by Crippen LogP contribution is -2.31. The van der Waals surface area contributed by atoms with Gasteiger partial charge in [-0.2, -0.15) is 0 Å². The topological polar surface area (TPSA) is 76.0 Å². The number of aryl methyl sites for hydroxylation is 3. The van der Waals surface area contributed by atoms with Gasteiger partial charge in [-0.1, -0.05) is 127 Å². The Morgan fingerprint density at radius 1 is 0.707 bits per heavy atom. The minimum Gasteiger partial charge on any atom is -0.493 e. The van der Waals surface area contributed by atoms with Crippen LogP contribution in [0.5, 0.6) is 5.75 Å². The van der Waals surface area contributed by atoms with Crippen molar-refractivity contribution in [2.75, 3.05) is 26.4 Å². The second kappa shape index (κ2) is 22.3. The summed E-state index contributed by atoms with van der Waals surface area (Å²) in [6, 6.07) is 29.6. The van der Waals surface area contributed by atoms with E-state index in [-0.39, 0.29) is 19.2 Å². The lowest BCUT2D eigenvalue weighted by molar-refractivity contribution is -0.139. The highest BCUT2D eigenvalue weighted by molar-refractivity contribution is 5.86. The van der Waals surface area contributed by atoms with Crippen molar-refractivity contribution in [2.24, 2.45) is 11.3 Å². The summed E-state index contributed by atoms with van der Waals surface area (Å²) in [5.41, 5.74) is 12.4. The molecular weight excluding hydrogens is 717 g/mol. The van der Waals surface area contributed by atoms with Crippen molar-refractivity contribution in [3.05, 3.63) is 113 Å². The standard InChI is InChI=1S/C53H70O5/c1-7-11-12-14-39-16-18-42(19-17-39)43-20-22-44(23-21-43)49-27-24-45(33-40(49)8-2)46-25-28-50(41(9-3)34-46)47-26-29-51(57-32-30-53(10-4,36-54)37-55)48(35-47)15-13-31-58-52(56)38(5)6/h20-29,33-35,39,42,54-55H,5,7-19,30-32,36-37H2,1-4,6H3. The van der Waals surface area contributed by atoms with Crippen molar-refractivity contribution in [1.82, 2.24) is 0 Å². The number of hydrogen-bond donors (Lipinski definition) is 2.